The molecule has 17 heavy (non-hydrogen) atoms. The van der Waals surface area contributed by atoms with E-state index in [9.17, 15) is 0 Å². The minimum absolute atomic E-state index is 0.353. The first-order chi connectivity index (χ1) is 8.15. The zero-order valence-electron chi connectivity index (χ0n) is 11.1. The van der Waals surface area contributed by atoms with Gasteiger partial charge in [-0.3, -0.25) is 0 Å². The molecule has 0 aliphatic heterocycles. The smallest absolute Gasteiger partial charge is 0.119 e. The number of aliphatic hydroxyl groups excluding tert-OH is 1. The van der Waals surface area contributed by atoms with Gasteiger partial charge in [0.1, 0.15) is 12.4 Å². The fraction of sp³-hybridized carbons (Fsp3) is 0.600. The first kappa shape index (κ1) is 14.0. The summed E-state index contributed by atoms with van der Waals surface area (Å²) in [7, 11) is 0. The second-order valence-corrected chi connectivity index (χ2v) is 4.69. The third kappa shape index (κ3) is 5.22. The number of benzene rings is 1. The molecule has 96 valence electrons. The van der Waals surface area contributed by atoms with Crippen LogP contribution in [0.4, 0.5) is 0 Å². The number of hydrogen-bond donors (Lipinski definition) is 1. The largest absolute Gasteiger partial charge is 0.491 e. The van der Waals surface area contributed by atoms with Gasteiger partial charge in [0, 0.05) is 0 Å². The molecule has 0 heterocycles. The highest BCUT2D eigenvalue weighted by Crippen LogP contribution is 2.18. The van der Waals surface area contributed by atoms with Crippen LogP contribution in [0.1, 0.15) is 39.2 Å². The van der Waals surface area contributed by atoms with Gasteiger partial charge in [-0.15, -0.1) is 0 Å². The molecule has 1 atom stereocenters. The van der Waals surface area contributed by atoms with E-state index >= 15 is 0 Å². The molecule has 1 N–H and O–H groups in total. The first-order valence-corrected chi connectivity index (χ1v) is 6.55. The predicted octanol–water partition coefficient (Wildman–Crippen LogP) is 3.42. The Morgan fingerprint density at radius 2 is 1.71 bits per heavy atom. The van der Waals surface area contributed by atoms with Crippen LogP contribution in [0, 0.1) is 5.92 Å². The van der Waals surface area contributed by atoms with Gasteiger partial charge < -0.3 is 9.84 Å². The monoisotopic (exact) mass is 236 g/mol. The van der Waals surface area contributed by atoms with Gasteiger partial charge in [0.05, 0.1) is 6.10 Å². The van der Waals surface area contributed by atoms with E-state index in [2.05, 4.69) is 26.0 Å². The number of rotatable bonds is 7. The van der Waals surface area contributed by atoms with Gasteiger partial charge in [-0.25, -0.2) is 0 Å². The van der Waals surface area contributed by atoms with E-state index < -0.39 is 6.10 Å². The maximum Gasteiger partial charge on any atom is 0.119 e. The van der Waals surface area contributed by atoms with Crippen molar-refractivity contribution in [2.75, 3.05) is 6.61 Å². The van der Waals surface area contributed by atoms with Gasteiger partial charge in [0.2, 0.25) is 0 Å². The van der Waals surface area contributed by atoms with Crippen LogP contribution in [0.5, 0.6) is 5.75 Å². The van der Waals surface area contributed by atoms with Crippen molar-refractivity contribution in [3.05, 3.63) is 29.8 Å². The highest BCUT2D eigenvalue weighted by Gasteiger charge is 2.05. The summed E-state index contributed by atoms with van der Waals surface area (Å²) in [5, 5.41) is 9.13. The Balaban J connectivity index is 2.49. The first-order valence-electron chi connectivity index (χ1n) is 6.55. The molecule has 2 nitrogen and oxygen atoms in total. The lowest BCUT2D eigenvalue weighted by molar-refractivity contribution is 0.122. The Hall–Kier alpha value is -1.02. The topological polar surface area (TPSA) is 29.5 Å². The average molecular weight is 236 g/mol. The van der Waals surface area contributed by atoms with Crippen molar-refractivity contribution < 1.29 is 9.84 Å². The van der Waals surface area contributed by atoms with E-state index in [1.807, 2.05) is 12.1 Å². The summed E-state index contributed by atoms with van der Waals surface area (Å²) in [5.41, 5.74) is 1.36. The minimum Gasteiger partial charge on any atom is -0.491 e. The van der Waals surface area contributed by atoms with Gasteiger partial charge in [0.25, 0.3) is 0 Å². The van der Waals surface area contributed by atoms with E-state index in [0.717, 1.165) is 18.1 Å². The number of hydrogen-bond acceptors (Lipinski definition) is 2. The summed E-state index contributed by atoms with van der Waals surface area (Å²) in [6.45, 7) is 6.57. The van der Waals surface area contributed by atoms with Crippen LogP contribution in [0.3, 0.4) is 0 Å². The van der Waals surface area contributed by atoms with Crippen molar-refractivity contribution in [2.24, 2.45) is 5.92 Å². The van der Waals surface area contributed by atoms with Gasteiger partial charge in [-0.2, -0.15) is 0 Å². The third-order valence-corrected chi connectivity index (χ3v) is 3.09. The molecule has 0 saturated carbocycles. The summed E-state index contributed by atoms with van der Waals surface area (Å²) in [6, 6.07) is 8.21. The van der Waals surface area contributed by atoms with E-state index in [0.29, 0.717) is 6.61 Å². The van der Waals surface area contributed by atoms with Crippen molar-refractivity contribution in [2.45, 2.75) is 46.1 Å². The summed E-state index contributed by atoms with van der Waals surface area (Å²) < 4.78 is 5.43. The normalized spacial score (nSPS) is 12.8. The average Bonchev–Trinajstić information content (AvgIpc) is 2.34. The molecular formula is C15H24O2. The van der Waals surface area contributed by atoms with Gasteiger partial charge in [0.15, 0.2) is 0 Å². The second-order valence-electron chi connectivity index (χ2n) is 4.69. The second kappa shape index (κ2) is 7.33. The van der Waals surface area contributed by atoms with Crippen LogP contribution in [0.2, 0.25) is 0 Å². The Morgan fingerprint density at radius 1 is 1.12 bits per heavy atom. The zero-order chi connectivity index (χ0) is 12.7. The van der Waals surface area contributed by atoms with Crippen molar-refractivity contribution in [3.63, 3.8) is 0 Å². The molecule has 1 unspecified atom stereocenters. The van der Waals surface area contributed by atoms with Gasteiger partial charge >= 0.3 is 0 Å². The molecule has 1 aromatic rings. The summed E-state index contributed by atoms with van der Waals surface area (Å²) in [5.74, 6) is 1.61. The standard InChI is InChI=1S/C15H24O2/c1-4-13(5-2)10-14-6-8-15(9-7-14)17-11-12(3)16/h6-9,12-13,16H,4-5,10-11H2,1-3H3. The van der Waals surface area contributed by atoms with Crippen LogP contribution in [0.25, 0.3) is 0 Å². The van der Waals surface area contributed by atoms with Crippen molar-refractivity contribution in [3.8, 4) is 5.75 Å². The number of ether oxygens (including phenoxy) is 1. The van der Waals surface area contributed by atoms with E-state index in [-0.39, 0.29) is 0 Å². The molecule has 0 aliphatic rings. The maximum atomic E-state index is 9.13. The maximum absolute atomic E-state index is 9.13. The molecule has 2 heteroatoms. The number of aliphatic hydroxyl groups is 1. The molecule has 1 rings (SSSR count). The van der Waals surface area contributed by atoms with Crippen LogP contribution in [-0.2, 0) is 6.42 Å². The fourth-order valence-electron chi connectivity index (χ4n) is 1.85. The third-order valence-electron chi connectivity index (χ3n) is 3.09. The van der Waals surface area contributed by atoms with Crippen LogP contribution >= 0.6 is 0 Å². The summed E-state index contributed by atoms with van der Waals surface area (Å²) >= 11 is 0. The Kier molecular flexibility index (Phi) is 6.06. The summed E-state index contributed by atoms with van der Waals surface area (Å²) in [6.07, 6.45) is 3.19. The lowest BCUT2D eigenvalue weighted by atomic mass is 9.95. The molecular weight excluding hydrogens is 212 g/mol. The molecule has 0 radical (unpaired) electrons. The van der Waals surface area contributed by atoms with E-state index in [1.54, 1.807) is 6.92 Å². The minimum atomic E-state index is -0.417. The Labute approximate surface area is 105 Å². The molecule has 0 aliphatic carbocycles. The molecule has 0 aromatic heterocycles. The molecule has 0 bridgehead atoms. The van der Waals surface area contributed by atoms with Crippen molar-refractivity contribution >= 4 is 0 Å². The summed E-state index contributed by atoms with van der Waals surface area (Å²) in [4.78, 5) is 0. The van der Waals surface area contributed by atoms with Gasteiger partial charge in [-0.05, 0) is 37.0 Å². The predicted molar refractivity (Wildman–Crippen MR) is 71.4 cm³/mol. The van der Waals surface area contributed by atoms with E-state index in [4.69, 9.17) is 9.84 Å². The molecule has 0 saturated heterocycles. The van der Waals surface area contributed by atoms with Crippen LogP contribution in [-0.4, -0.2) is 17.8 Å². The lowest BCUT2D eigenvalue weighted by Gasteiger charge is -2.13. The molecule has 0 spiro atoms. The quantitative estimate of drug-likeness (QED) is 0.786. The van der Waals surface area contributed by atoms with Gasteiger partial charge in [-0.1, -0.05) is 38.8 Å². The highest BCUT2D eigenvalue weighted by atomic mass is 16.5. The molecule has 1 aromatic carbocycles. The van der Waals surface area contributed by atoms with Crippen molar-refractivity contribution in [1.29, 1.82) is 0 Å². The fourth-order valence-corrected chi connectivity index (χ4v) is 1.85. The SMILES string of the molecule is CCC(CC)Cc1ccc(OCC(C)O)cc1. The Bertz CT molecular complexity index is 299. The van der Waals surface area contributed by atoms with Crippen LogP contribution in [0.15, 0.2) is 24.3 Å². The molecule has 0 fully saturated rings. The highest BCUT2D eigenvalue weighted by molar-refractivity contribution is 5.27. The lowest BCUT2D eigenvalue weighted by Crippen LogP contribution is -2.12. The van der Waals surface area contributed by atoms with Crippen LogP contribution < -0.4 is 4.74 Å². The molecule has 0 amide bonds. The van der Waals surface area contributed by atoms with Crippen molar-refractivity contribution in [1.82, 2.24) is 0 Å². The Morgan fingerprint density at radius 3 is 2.18 bits per heavy atom. The van der Waals surface area contributed by atoms with E-state index in [1.165, 1.54) is 18.4 Å². The zero-order valence-corrected chi connectivity index (χ0v) is 11.1.